The number of nitrogens with zero attached hydrogens (tertiary/aromatic N) is 2. The standard InChI is InChI=1S/C15H28N4O2/c1-3-17-15(21)12-6-9-19(10-12)14(20)11-18(2)13-4-7-16-8-5-13/h12-13,16H,3-11H2,1-2H3,(H,17,21). The fourth-order valence-corrected chi connectivity index (χ4v) is 3.21. The van der Waals surface area contributed by atoms with Gasteiger partial charge in [-0.3, -0.25) is 14.5 Å². The predicted molar refractivity (Wildman–Crippen MR) is 81.9 cm³/mol. The van der Waals surface area contributed by atoms with Gasteiger partial charge >= 0.3 is 0 Å². The zero-order chi connectivity index (χ0) is 15.2. The average Bonchev–Trinajstić information content (AvgIpc) is 2.98. The van der Waals surface area contributed by atoms with Gasteiger partial charge in [0.2, 0.25) is 11.8 Å². The predicted octanol–water partition coefficient (Wildman–Crippen LogP) is -0.345. The molecule has 6 heteroatoms. The van der Waals surface area contributed by atoms with Gasteiger partial charge in [0, 0.05) is 25.7 Å². The summed E-state index contributed by atoms with van der Waals surface area (Å²) in [6.07, 6.45) is 2.99. The second-order valence-corrected chi connectivity index (χ2v) is 6.12. The Balaban J connectivity index is 1.77. The number of rotatable bonds is 5. The third kappa shape index (κ3) is 4.41. The number of piperidine rings is 1. The van der Waals surface area contributed by atoms with E-state index < -0.39 is 0 Å². The smallest absolute Gasteiger partial charge is 0.236 e. The van der Waals surface area contributed by atoms with E-state index in [0.29, 0.717) is 32.2 Å². The van der Waals surface area contributed by atoms with Crippen molar-refractivity contribution >= 4 is 11.8 Å². The van der Waals surface area contributed by atoms with Crippen LogP contribution in [0.4, 0.5) is 0 Å². The molecule has 2 saturated heterocycles. The zero-order valence-corrected chi connectivity index (χ0v) is 13.2. The summed E-state index contributed by atoms with van der Waals surface area (Å²) in [7, 11) is 2.03. The highest BCUT2D eigenvalue weighted by molar-refractivity contribution is 5.82. The normalized spacial score (nSPS) is 23.6. The molecule has 2 aliphatic heterocycles. The molecule has 2 heterocycles. The number of likely N-dealkylation sites (tertiary alicyclic amines) is 1. The van der Waals surface area contributed by atoms with Crippen LogP contribution in [0.1, 0.15) is 26.2 Å². The van der Waals surface area contributed by atoms with Crippen molar-refractivity contribution in [2.24, 2.45) is 5.92 Å². The first-order valence-electron chi connectivity index (χ1n) is 8.08. The van der Waals surface area contributed by atoms with Crippen molar-refractivity contribution < 1.29 is 9.59 Å². The van der Waals surface area contributed by atoms with Crippen molar-refractivity contribution in [3.63, 3.8) is 0 Å². The minimum Gasteiger partial charge on any atom is -0.356 e. The average molecular weight is 296 g/mol. The van der Waals surface area contributed by atoms with Crippen LogP contribution in [-0.4, -0.2) is 74.0 Å². The molecule has 1 unspecified atom stereocenters. The fourth-order valence-electron chi connectivity index (χ4n) is 3.21. The van der Waals surface area contributed by atoms with Crippen molar-refractivity contribution in [3.8, 4) is 0 Å². The number of hydrogen-bond donors (Lipinski definition) is 2. The van der Waals surface area contributed by atoms with Crippen LogP contribution < -0.4 is 10.6 Å². The molecular formula is C15H28N4O2. The third-order valence-electron chi connectivity index (χ3n) is 4.58. The van der Waals surface area contributed by atoms with Gasteiger partial charge in [-0.2, -0.15) is 0 Å². The number of carbonyl (C=O) groups excluding carboxylic acids is 2. The SMILES string of the molecule is CCNC(=O)C1CCN(C(=O)CN(C)C2CCNCC2)C1. The van der Waals surface area contributed by atoms with Gasteiger partial charge in [0.05, 0.1) is 12.5 Å². The minimum absolute atomic E-state index is 0.0295. The Kier molecular flexibility index (Phi) is 5.99. The summed E-state index contributed by atoms with van der Waals surface area (Å²) in [6.45, 7) is 6.39. The van der Waals surface area contributed by atoms with Crippen LogP contribution in [0.2, 0.25) is 0 Å². The van der Waals surface area contributed by atoms with Gasteiger partial charge in [-0.15, -0.1) is 0 Å². The monoisotopic (exact) mass is 296 g/mol. The molecule has 0 aromatic rings. The fraction of sp³-hybridized carbons (Fsp3) is 0.867. The van der Waals surface area contributed by atoms with E-state index >= 15 is 0 Å². The van der Waals surface area contributed by atoms with Gasteiger partial charge in [-0.05, 0) is 46.3 Å². The van der Waals surface area contributed by atoms with E-state index in [4.69, 9.17) is 0 Å². The van der Waals surface area contributed by atoms with Crippen molar-refractivity contribution in [1.82, 2.24) is 20.4 Å². The molecular weight excluding hydrogens is 268 g/mol. The summed E-state index contributed by atoms with van der Waals surface area (Å²) in [4.78, 5) is 28.2. The first-order valence-corrected chi connectivity index (χ1v) is 8.08. The molecule has 0 saturated carbocycles. The third-order valence-corrected chi connectivity index (χ3v) is 4.58. The Labute approximate surface area is 127 Å². The highest BCUT2D eigenvalue weighted by Gasteiger charge is 2.31. The molecule has 0 aliphatic carbocycles. The molecule has 0 spiro atoms. The second-order valence-electron chi connectivity index (χ2n) is 6.12. The number of amides is 2. The zero-order valence-electron chi connectivity index (χ0n) is 13.2. The van der Waals surface area contributed by atoms with Gasteiger partial charge in [-0.25, -0.2) is 0 Å². The lowest BCUT2D eigenvalue weighted by Crippen LogP contribution is -2.46. The molecule has 2 fully saturated rings. The Hall–Kier alpha value is -1.14. The lowest BCUT2D eigenvalue weighted by molar-refractivity contribution is -0.132. The van der Waals surface area contributed by atoms with Gasteiger partial charge < -0.3 is 15.5 Å². The highest BCUT2D eigenvalue weighted by atomic mass is 16.2. The van der Waals surface area contributed by atoms with Crippen LogP contribution in [0.3, 0.4) is 0 Å². The minimum atomic E-state index is -0.0295. The summed E-state index contributed by atoms with van der Waals surface area (Å²) < 4.78 is 0. The molecule has 120 valence electrons. The number of likely N-dealkylation sites (N-methyl/N-ethyl adjacent to an activating group) is 1. The lowest BCUT2D eigenvalue weighted by Gasteiger charge is -2.32. The Bertz CT molecular complexity index is 369. The largest absolute Gasteiger partial charge is 0.356 e. The molecule has 0 aromatic heterocycles. The Morgan fingerprint density at radius 1 is 1.29 bits per heavy atom. The van der Waals surface area contributed by atoms with Crippen molar-refractivity contribution in [2.75, 3.05) is 46.3 Å². The Morgan fingerprint density at radius 3 is 2.67 bits per heavy atom. The quantitative estimate of drug-likeness (QED) is 0.728. The molecule has 21 heavy (non-hydrogen) atoms. The van der Waals surface area contributed by atoms with Crippen LogP contribution in [0, 0.1) is 5.92 Å². The summed E-state index contributed by atoms with van der Waals surface area (Å²) in [6, 6.07) is 0.497. The molecule has 0 radical (unpaired) electrons. The molecule has 2 rings (SSSR count). The summed E-state index contributed by atoms with van der Waals surface area (Å²) in [5, 5.41) is 6.19. The first-order chi connectivity index (χ1) is 10.1. The molecule has 2 N–H and O–H groups in total. The van der Waals surface area contributed by atoms with Gasteiger partial charge in [0.15, 0.2) is 0 Å². The second kappa shape index (κ2) is 7.75. The van der Waals surface area contributed by atoms with Crippen molar-refractivity contribution in [3.05, 3.63) is 0 Å². The molecule has 0 bridgehead atoms. The first kappa shape index (κ1) is 16.2. The van der Waals surface area contributed by atoms with Gasteiger partial charge in [0.1, 0.15) is 0 Å². The molecule has 0 aromatic carbocycles. The maximum atomic E-state index is 12.4. The van der Waals surface area contributed by atoms with Crippen LogP contribution >= 0.6 is 0 Å². The molecule has 2 amide bonds. The van der Waals surface area contributed by atoms with E-state index in [1.807, 2.05) is 18.9 Å². The lowest BCUT2D eigenvalue weighted by atomic mass is 10.1. The van der Waals surface area contributed by atoms with E-state index in [0.717, 1.165) is 32.4 Å². The maximum Gasteiger partial charge on any atom is 0.236 e. The highest BCUT2D eigenvalue weighted by Crippen LogP contribution is 2.17. The Morgan fingerprint density at radius 2 is 2.00 bits per heavy atom. The van der Waals surface area contributed by atoms with Crippen LogP contribution in [0.15, 0.2) is 0 Å². The summed E-state index contributed by atoms with van der Waals surface area (Å²) in [5.41, 5.74) is 0. The topological polar surface area (TPSA) is 64.7 Å². The molecule has 6 nitrogen and oxygen atoms in total. The van der Waals surface area contributed by atoms with Crippen molar-refractivity contribution in [1.29, 1.82) is 0 Å². The van der Waals surface area contributed by atoms with Gasteiger partial charge in [0.25, 0.3) is 0 Å². The van der Waals surface area contributed by atoms with Crippen LogP contribution in [0.5, 0.6) is 0 Å². The summed E-state index contributed by atoms with van der Waals surface area (Å²) in [5.74, 6) is 0.209. The van der Waals surface area contributed by atoms with Gasteiger partial charge in [-0.1, -0.05) is 0 Å². The van der Waals surface area contributed by atoms with E-state index in [2.05, 4.69) is 15.5 Å². The van der Waals surface area contributed by atoms with E-state index in [9.17, 15) is 9.59 Å². The van der Waals surface area contributed by atoms with Crippen LogP contribution in [0.25, 0.3) is 0 Å². The number of hydrogen-bond acceptors (Lipinski definition) is 4. The van der Waals surface area contributed by atoms with E-state index in [1.54, 1.807) is 0 Å². The van der Waals surface area contributed by atoms with Crippen molar-refractivity contribution in [2.45, 2.75) is 32.2 Å². The summed E-state index contributed by atoms with van der Waals surface area (Å²) >= 11 is 0. The number of carbonyl (C=O) groups is 2. The van der Waals surface area contributed by atoms with Crippen LogP contribution in [-0.2, 0) is 9.59 Å². The maximum absolute atomic E-state index is 12.4. The molecule has 1 atom stereocenters. The van der Waals surface area contributed by atoms with E-state index in [-0.39, 0.29) is 17.7 Å². The van der Waals surface area contributed by atoms with E-state index in [1.165, 1.54) is 0 Å². The number of nitrogens with one attached hydrogen (secondary N) is 2. The molecule has 2 aliphatic rings.